The van der Waals surface area contributed by atoms with Crippen molar-refractivity contribution in [3.8, 4) is 5.75 Å². The fraction of sp³-hybridized carbons (Fsp3) is 0.609. The van der Waals surface area contributed by atoms with Gasteiger partial charge in [0, 0.05) is 82.5 Å². The summed E-state index contributed by atoms with van der Waals surface area (Å²) < 4.78 is 18.8. The molecule has 2 aromatic heterocycles. The fourth-order valence-corrected chi connectivity index (χ4v) is 7.25. The first-order valence-corrected chi connectivity index (χ1v) is 22.6. The van der Waals surface area contributed by atoms with E-state index in [1.807, 2.05) is 56.9 Å². The molecule has 1 aliphatic heterocycles. The third kappa shape index (κ3) is 16.9. The Bertz CT molecular complexity index is 2000. The Labute approximate surface area is 383 Å². The van der Waals surface area contributed by atoms with Gasteiger partial charge in [-0.1, -0.05) is 33.8 Å². The van der Waals surface area contributed by atoms with Crippen molar-refractivity contribution in [2.24, 2.45) is 11.8 Å². The van der Waals surface area contributed by atoms with Crippen LogP contribution in [-0.4, -0.2) is 151 Å². The van der Waals surface area contributed by atoms with Gasteiger partial charge in [0.2, 0.25) is 23.6 Å². The van der Waals surface area contributed by atoms with Crippen LogP contribution in [0.4, 0.5) is 10.5 Å². The van der Waals surface area contributed by atoms with Crippen LogP contribution in [0.1, 0.15) is 71.6 Å². The molecule has 0 spiro atoms. The maximum Gasteiger partial charge on any atom is 0.410 e. The summed E-state index contributed by atoms with van der Waals surface area (Å²) >= 11 is 0. The number of ether oxygens (including phenoxy) is 3. The van der Waals surface area contributed by atoms with Gasteiger partial charge < -0.3 is 55.0 Å². The first-order chi connectivity index (χ1) is 31.1. The van der Waals surface area contributed by atoms with Crippen LogP contribution in [-0.2, 0) is 53.1 Å². The molecule has 65 heavy (non-hydrogen) atoms. The number of phenolic OH excluding ortho intramolecular Hbond substituents is 1. The number of aryl methyl sites for hydroxylation is 1. The number of nitrogens with one attached hydrogen (secondary N) is 5. The molecule has 2 unspecified atom stereocenters. The van der Waals surface area contributed by atoms with Crippen molar-refractivity contribution in [1.82, 2.24) is 45.7 Å². The molecule has 5 amide bonds. The molecule has 1 fully saturated rings. The van der Waals surface area contributed by atoms with E-state index in [0.29, 0.717) is 70.6 Å². The molecule has 6 N–H and O–H groups in total. The van der Waals surface area contributed by atoms with Gasteiger partial charge in [0.15, 0.2) is 0 Å². The molecule has 1 aromatic carbocycles. The van der Waals surface area contributed by atoms with Crippen molar-refractivity contribution in [3.05, 3.63) is 53.9 Å². The minimum absolute atomic E-state index is 0.0141. The largest absolute Gasteiger partial charge is 0.506 e. The van der Waals surface area contributed by atoms with Crippen LogP contribution in [0.25, 0.3) is 11.0 Å². The van der Waals surface area contributed by atoms with Crippen molar-refractivity contribution >= 4 is 46.4 Å². The number of amides is 5. The van der Waals surface area contributed by atoms with E-state index in [-0.39, 0.29) is 67.3 Å². The number of likely N-dealkylation sites (tertiary alicyclic amines) is 1. The normalized spacial score (nSPS) is 14.2. The monoisotopic (exact) mass is 909 g/mol. The number of nitrogens with zero attached hydrogens (tertiary/aromatic N) is 5. The van der Waals surface area contributed by atoms with E-state index in [1.165, 1.54) is 17.0 Å². The van der Waals surface area contributed by atoms with E-state index in [0.717, 1.165) is 29.6 Å². The average Bonchev–Trinajstić information content (AvgIpc) is 3.64. The van der Waals surface area contributed by atoms with E-state index in [4.69, 9.17) is 14.2 Å². The fourth-order valence-electron chi connectivity index (χ4n) is 7.25. The van der Waals surface area contributed by atoms with Gasteiger partial charge in [0.1, 0.15) is 24.0 Å². The summed E-state index contributed by atoms with van der Waals surface area (Å²) in [4.78, 5) is 71.8. The average molecular weight is 909 g/mol. The molecule has 3 aromatic rings. The molecule has 0 saturated carbocycles. The molecular weight excluding hydrogens is 837 g/mol. The Balaban J connectivity index is 1.03. The van der Waals surface area contributed by atoms with Crippen molar-refractivity contribution in [3.63, 3.8) is 0 Å². The lowest BCUT2D eigenvalue weighted by atomic mass is 10.0. The zero-order valence-electron chi connectivity index (χ0n) is 39.5. The van der Waals surface area contributed by atoms with Gasteiger partial charge in [-0.3, -0.25) is 24.6 Å². The second-order valence-electron chi connectivity index (χ2n) is 17.2. The van der Waals surface area contributed by atoms with Gasteiger partial charge in [-0.2, -0.15) is 0 Å². The molecule has 0 aliphatic carbocycles. The Morgan fingerprint density at radius 2 is 1.63 bits per heavy atom. The SMILES string of the molecule is CNN(C)Cc1cc2cccnc2n1CCC(=O)N1CCC(NCCOCCOCCC(=O)NC(C(=O)NCC(=O)Nc2ccc(COC(=O)N(C)C(C)C(C)C)cc2O)C(C)C)CC1. The Hall–Kier alpha value is -5.34. The standard InChI is InChI=1S/C46H72N10O9/c1-31(2)33(5)54(8)46(62)65-30-34-11-12-38(39(57)26-34)51-41(59)28-50-45(61)43(32(3)4)52-40(58)16-22-63-24-25-64-23-18-48-36-13-19-55(20-14-36)42(60)15-21-56-37(29-53(7)47-6)27-35-10-9-17-49-44(35)56/h9-12,17,26-27,31-33,36,43,47-48,57H,13-16,18-25,28-30H2,1-8H3,(H,50,61)(H,51,59)(H,52,58). The first kappa shape index (κ1) is 52.3. The molecule has 4 rings (SSSR count). The summed E-state index contributed by atoms with van der Waals surface area (Å²) in [7, 11) is 5.53. The van der Waals surface area contributed by atoms with Gasteiger partial charge in [-0.05, 0) is 74.5 Å². The van der Waals surface area contributed by atoms with Crippen LogP contribution in [0.15, 0.2) is 42.6 Å². The quantitative estimate of drug-likeness (QED) is 0.0388. The second-order valence-corrected chi connectivity index (χ2v) is 17.2. The molecule has 0 radical (unpaired) electrons. The Morgan fingerprint density at radius 3 is 2.31 bits per heavy atom. The first-order valence-electron chi connectivity index (χ1n) is 22.6. The number of anilines is 1. The number of hydrogen-bond acceptors (Lipinski definition) is 13. The number of aromatic nitrogens is 2. The molecular formula is C46H72N10O9. The number of aromatic hydroxyl groups is 1. The summed E-state index contributed by atoms with van der Waals surface area (Å²) in [5.74, 6) is -1.56. The highest BCUT2D eigenvalue weighted by atomic mass is 16.6. The lowest BCUT2D eigenvalue weighted by Gasteiger charge is -2.32. The minimum Gasteiger partial charge on any atom is -0.506 e. The van der Waals surface area contributed by atoms with Crippen LogP contribution >= 0.6 is 0 Å². The van der Waals surface area contributed by atoms with Gasteiger partial charge in [0.05, 0.1) is 45.2 Å². The van der Waals surface area contributed by atoms with Crippen LogP contribution < -0.4 is 26.7 Å². The van der Waals surface area contributed by atoms with Crippen LogP contribution in [0, 0.1) is 11.8 Å². The van der Waals surface area contributed by atoms with Crippen molar-refractivity contribution in [2.45, 2.75) is 98.1 Å². The van der Waals surface area contributed by atoms with Crippen LogP contribution in [0.5, 0.6) is 5.75 Å². The third-order valence-corrected chi connectivity index (χ3v) is 11.7. The maximum absolute atomic E-state index is 13.2. The number of hydrazine groups is 1. The predicted molar refractivity (Wildman–Crippen MR) is 247 cm³/mol. The number of benzene rings is 1. The molecule has 360 valence electrons. The Morgan fingerprint density at radius 1 is 0.908 bits per heavy atom. The highest BCUT2D eigenvalue weighted by Crippen LogP contribution is 2.25. The molecule has 1 aliphatic rings. The molecule has 19 nitrogen and oxygen atoms in total. The Kier molecular flexibility index (Phi) is 21.4. The van der Waals surface area contributed by atoms with E-state index < -0.39 is 23.9 Å². The molecule has 3 heterocycles. The lowest BCUT2D eigenvalue weighted by Crippen LogP contribution is -2.51. The predicted octanol–water partition coefficient (Wildman–Crippen LogP) is 3.21. The van der Waals surface area contributed by atoms with Gasteiger partial charge >= 0.3 is 6.09 Å². The number of piperidine rings is 1. The number of pyridine rings is 1. The van der Waals surface area contributed by atoms with E-state index >= 15 is 0 Å². The number of carbonyl (C=O) groups excluding carboxylic acids is 5. The summed E-state index contributed by atoms with van der Waals surface area (Å²) in [5.41, 5.74) is 5.78. The zero-order chi connectivity index (χ0) is 47.5. The zero-order valence-corrected chi connectivity index (χ0v) is 39.5. The minimum atomic E-state index is -0.879. The van der Waals surface area contributed by atoms with Crippen LogP contribution in [0.2, 0.25) is 0 Å². The summed E-state index contributed by atoms with van der Waals surface area (Å²) in [6.45, 7) is 13.7. The van der Waals surface area contributed by atoms with Crippen molar-refractivity contribution < 1.29 is 43.3 Å². The third-order valence-electron chi connectivity index (χ3n) is 11.7. The van der Waals surface area contributed by atoms with Crippen molar-refractivity contribution in [1.29, 1.82) is 0 Å². The molecule has 2 atom stereocenters. The number of fused-ring (bicyclic) bond motifs is 1. The van der Waals surface area contributed by atoms with Gasteiger partial charge in [-0.15, -0.1) is 0 Å². The van der Waals surface area contributed by atoms with Gasteiger partial charge in [0.25, 0.3) is 0 Å². The van der Waals surface area contributed by atoms with E-state index in [9.17, 15) is 29.1 Å². The number of phenols is 1. The lowest BCUT2D eigenvalue weighted by molar-refractivity contribution is -0.132. The van der Waals surface area contributed by atoms with Crippen LogP contribution in [0.3, 0.4) is 0 Å². The number of rotatable bonds is 26. The highest BCUT2D eigenvalue weighted by Gasteiger charge is 2.26. The summed E-state index contributed by atoms with van der Waals surface area (Å²) in [5, 5.41) is 24.9. The molecule has 19 heteroatoms. The second kappa shape index (κ2) is 26.6. The van der Waals surface area contributed by atoms with E-state index in [1.54, 1.807) is 33.2 Å². The molecule has 0 bridgehead atoms. The topological polar surface area (TPSA) is 221 Å². The summed E-state index contributed by atoms with van der Waals surface area (Å²) in [6, 6.07) is 10.0. The number of hydrogen-bond donors (Lipinski definition) is 6. The van der Waals surface area contributed by atoms with Gasteiger partial charge in [-0.25, -0.2) is 14.8 Å². The van der Waals surface area contributed by atoms with E-state index in [2.05, 4.69) is 42.3 Å². The summed E-state index contributed by atoms with van der Waals surface area (Å²) in [6.07, 6.45) is 3.50. The maximum atomic E-state index is 13.2. The molecule has 1 saturated heterocycles. The highest BCUT2D eigenvalue weighted by molar-refractivity contribution is 5.97. The van der Waals surface area contributed by atoms with Crippen molar-refractivity contribution in [2.75, 3.05) is 79.1 Å². The smallest absolute Gasteiger partial charge is 0.410 e. The number of carbonyl (C=O) groups is 5.